The van der Waals surface area contributed by atoms with Crippen molar-refractivity contribution in [1.82, 2.24) is 13.9 Å². The maximum Gasteiger partial charge on any atom is 0.282 e. The minimum absolute atomic E-state index is 0.170. The SMILES string of the molecule is CCCNCC1CCN(S(=O)(=O)N2CCCC2C)CC1. The van der Waals surface area contributed by atoms with Crippen molar-refractivity contribution < 1.29 is 8.42 Å². The molecule has 0 saturated carbocycles. The first-order valence-electron chi connectivity index (χ1n) is 8.03. The van der Waals surface area contributed by atoms with Gasteiger partial charge in [0.2, 0.25) is 0 Å². The van der Waals surface area contributed by atoms with Crippen LogP contribution in [-0.2, 0) is 10.2 Å². The second-order valence-electron chi connectivity index (χ2n) is 6.16. The molecule has 0 bridgehead atoms. The van der Waals surface area contributed by atoms with Crippen molar-refractivity contribution in [2.24, 2.45) is 5.92 Å². The molecule has 118 valence electrons. The van der Waals surface area contributed by atoms with E-state index in [4.69, 9.17) is 0 Å². The van der Waals surface area contributed by atoms with Gasteiger partial charge in [-0.3, -0.25) is 0 Å². The van der Waals surface area contributed by atoms with Gasteiger partial charge in [0.1, 0.15) is 0 Å². The van der Waals surface area contributed by atoms with Crippen LogP contribution < -0.4 is 5.32 Å². The molecule has 2 saturated heterocycles. The largest absolute Gasteiger partial charge is 0.316 e. The Bertz CT molecular complexity index is 391. The van der Waals surface area contributed by atoms with Crippen molar-refractivity contribution in [2.45, 2.75) is 52.0 Å². The predicted molar refractivity (Wildman–Crippen MR) is 81.8 cm³/mol. The van der Waals surface area contributed by atoms with E-state index >= 15 is 0 Å². The molecule has 2 aliphatic rings. The van der Waals surface area contributed by atoms with E-state index in [0.29, 0.717) is 25.6 Å². The molecule has 0 aliphatic carbocycles. The lowest BCUT2D eigenvalue weighted by atomic mass is 9.98. The third kappa shape index (κ3) is 3.72. The molecule has 1 N–H and O–H groups in total. The van der Waals surface area contributed by atoms with E-state index in [0.717, 1.165) is 45.2 Å². The zero-order valence-electron chi connectivity index (χ0n) is 12.8. The van der Waals surface area contributed by atoms with Crippen LogP contribution in [0.1, 0.15) is 46.0 Å². The molecule has 0 radical (unpaired) electrons. The fraction of sp³-hybridized carbons (Fsp3) is 1.00. The van der Waals surface area contributed by atoms with Crippen LogP contribution >= 0.6 is 0 Å². The highest BCUT2D eigenvalue weighted by molar-refractivity contribution is 7.86. The van der Waals surface area contributed by atoms with Crippen molar-refractivity contribution in [1.29, 1.82) is 0 Å². The Balaban J connectivity index is 1.83. The Morgan fingerprint density at radius 3 is 2.40 bits per heavy atom. The molecule has 5 nitrogen and oxygen atoms in total. The highest BCUT2D eigenvalue weighted by atomic mass is 32.2. The predicted octanol–water partition coefficient (Wildman–Crippen LogP) is 1.43. The van der Waals surface area contributed by atoms with Gasteiger partial charge in [-0.1, -0.05) is 6.92 Å². The van der Waals surface area contributed by atoms with Gasteiger partial charge in [-0.05, 0) is 58.0 Å². The molecule has 2 aliphatic heterocycles. The molecule has 0 amide bonds. The quantitative estimate of drug-likeness (QED) is 0.755. The Kier molecular flexibility index (Phi) is 5.84. The fourth-order valence-corrected chi connectivity index (χ4v) is 5.11. The highest BCUT2D eigenvalue weighted by Crippen LogP contribution is 2.26. The zero-order valence-corrected chi connectivity index (χ0v) is 13.7. The molecule has 0 aromatic carbocycles. The van der Waals surface area contributed by atoms with Crippen LogP contribution in [-0.4, -0.2) is 55.8 Å². The van der Waals surface area contributed by atoms with Crippen molar-refractivity contribution in [3.8, 4) is 0 Å². The minimum atomic E-state index is -3.21. The molecule has 2 heterocycles. The normalized spacial score (nSPS) is 27.2. The molecule has 1 atom stereocenters. The van der Waals surface area contributed by atoms with E-state index < -0.39 is 10.2 Å². The molecule has 0 aromatic rings. The summed E-state index contributed by atoms with van der Waals surface area (Å²) >= 11 is 0. The highest BCUT2D eigenvalue weighted by Gasteiger charge is 2.37. The lowest BCUT2D eigenvalue weighted by Crippen LogP contribution is -2.48. The van der Waals surface area contributed by atoms with Crippen molar-refractivity contribution in [3.63, 3.8) is 0 Å². The Morgan fingerprint density at radius 1 is 1.15 bits per heavy atom. The number of piperidine rings is 1. The standard InChI is InChI=1S/C14H29N3O2S/c1-3-8-15-12-14-6-10-16(11-7-14)20(18,19)17-9-4-5-13(17)2/h13-15H,3-12H2,1-2H3. The van der Waals surface area contributed by atoms with Gasteiger partial charge in [0.05, 0.1) is 0 Å². The maximum absolute atomic E-state index is 12.6. The average Bonchev–Trinajstić information content (AvgIpc) is 2.87. The van der Waals surface area contributed by atoms with Crippen LogP contribution in [0, 0.1) is 5.92 Å². The first-order valence-corrected chi connectivity index (χ1v) is 9.43. The van der Waals surface area contributed by atoms with E-state index in [1.165, 1.54) is 0 Å². The summed E-state index contributed by atoms with van der Waals surface area (Å²) in [4.78, 5) is 0. The number of hydrogen-bond acceptors (Lipinski definition) is 3. The summed E-state index contributed by atoms with van der Waals surface area (Å²) < 4.78 is 28.6. The van der Waals surface area contributed by atoms with Crippen molar-refractivity contribution >= 4 is 10.2 Å². The Labute approximate surface area is 123 Å². The van der Waals surface area contributed by atoms with Gasteiger partial charge in [-0.15, -0.1) is 0 Å². The number of nitrogens with one attached hydrogen (secondary N) is 1. The zero-order chi connectivity index (χ0) is 14.6. The van der Waals surface area contributed by atoms with Gasteiger partial charge in [0.25, 0.3) is 10.2 Å². The Hall–Kier alpha value is -0.170. The first-order chi connectivity index (χ1) is 9.55. The van der Waals surface area contributed by atoms with Crippen LogP contribution in [0.5, 0.6) is 0 Å². The molecular formula is C14H29N3O2S. The average molecular weight is 303 g/mol. The summed E-state index contributed by atoms with van der Waals surface area (Å²) in [6, 6.07) is 0.170. The summed E-state index contributed by atoms with van der Waals surface area (Å²) in [6.45, 7) is 8.34. The Morgan fingerprint density at radius 2 is 1.85 bits per heavy atom. The van der Waals surface area contributed by atoms with Crippen LogP contribution in [0.15, 0.2) is 0 Å². The first kappa shape index (κ1) is 16.2. The minimum Gasteiger partial charge on any atom is -0.316 e. The molecule has 1 unspecified atom stereocenters. The molecule has 20 heavy (non-hydrogen) atoms. The second-order valence-corrected chi connectivity index (χ2v) is 8.04. The van der Waals surface area contributed by atoms with Crippen LogP contribution in [0.3, 0.4) is 0 Å². The fourth-order valence-electron chi connectivity index (χ4n) is 3.23. The molecule has 0 aromatic heterocycles. The van der Waals surface area contributed by atoms with E-state index in [1.807, 2.05) is 6.92 Å². The summed E-state index contributed by atoms with van der Waals surface area (Å²) in [5.74, 6) is 0.629. The van der Waals surface area contributed by atoms with Crippen LogP contribution in [0.25, 0.3) is 0 Å². The van der Waals surface area contributed by atoms with Crippen molar-refractivity contribution in [3.05, 3.63) is 0 Å². The van der Waals surface area contributed by atoms with Crippen LogP contribution in [0.2, 0.25) is 0 Å². The molecular weight excluding hydrogens is 274 g/mol. The lowest BCUT2D eigenvalue weighted by molar-refractivity contribution is 0.248. The van der Waals surface area contributed by atoms with Crippen LogP contribution in [0.4, 0.5) is 0 Å². The molecule has 2 fully saturated rings. The monoisotopic (exact) mass is 303 g/mol. The van der Waals surface area contributed by atoms with E-state index in [9.17, 15) is 8.42 Å². The number of rotatable bonds is 6. The topological polar surface area (TPSA) is 52.7 Å². The van der Waals surface area contributed by atoms with E-state index in [-0.39, 0.29) is 6.04 Å². The third-order valence-corrected chi connectivity index (χ3v) is 6.70. The number of nitrogens with zero attached hydrogens (tertiary/aromatic N) is 2. The summed E-state index contributed by atoms with van der Waals surface area (Å²) in [6.07, 6.45) is 5.12. The third-order valence-electron chi connectivity index (χ3n) is 4.55. The van der Waals surface area contributed by atoms with Gasteiger partial charge >= 0.3 is 0 Å². The number of hydrogen-bond donors (Lipinski definition) is 1. The van der Waals surface area contributed by atoms with E-state index in [1.54, 1.807) is 8.61 Å². The van der Waals surface area contributed by atoms with Gasteiger partial charge < -0.3 is 5.32 Å². The second kappa shape index (κ2) is 7.20. The van der Waals surface area contributed by atoms with Gasteiger partial charge in [-0.25, -0.2) is 0 Å². The summed E-state index contributed by atoms with van der Waals surface area (Å²) in [5.41, 5.74) is 0. The lowest BCUT2D eigenvalue weighted by Gasteiger charge is -2.35. The molecule has 2 rings (SSSR count). The molecule has 0 spiro atoms. The summed E-state index contributed by atoms with van der Waals surface area (Å²) in [7, 11) is -3.21. The van der Waals surface area contributed by atoms with Crippen molar-refractivity contribution in [2.75, 3.05) is 32.7 Å². The van der Waals surface area contributed by atoms with E-state index in [2.05, 4.69) is 12.2 Å². The van der Waals surface area contributed by atoms with Gasteiger partial charge in [-0.2, -0.15) is 17.0 Å². The smallest absolute Gasteiger partial charge is 0.282 e. The van der Waals surface area contributed by atoms with Gasteiger partial charge in [0.15, 0.2) is 0 Å². The maximum atomic E-state index is 12.6. The summed E-state index contributed by atoms with van der Waals surface area (Å²) in [5, 5.41) is 3.44. The molecule has 6 heteroatoms. The van der Waals surface area contributed by atoms with Gasteiger partial charge in [0, 0.05) is 25.7 Å².